The third-order valence-electron chi connectivity index (χ3n) is 3.11. The van der Waals surface area contributed by atoms with Crippen molar-refractivity contribution in [2.24, 2.45) is 5.92 Å². The van der Waals surface area contributed by atoms with Gasteiger partial charge in [-0.1, -0.05) is 51.1 Å². The number of rotatable bonds is 8. The van der Waals surface area contributed by atoms with Crippen molar-refractivity contribution < 1.29 is 4.74 Å². The van der Waals surface area contributed by atoms with Crippen LogP contribution >= 0.6 is 0 Å². The van der Waals surface area contributed by atoms with Gasteiger partial charge in [0.25, 0.3) is 0 Å². The predicted octanol–water partition coefficient (Wildman–Crippen LogP) is 4.08. The number of nitrogens with one attached hydrogen (secondary N) is 1. The van der Waals surface area contributed by atoms with Crippen LogP contribution in [0.4, 0.5) is 5.82 Å². The zero-order chi connectivity index (χ0) is 15.8. The molecule has 0 aliphatic carbocycles. The van der Waals surface area contributed by atoms with E-state index in [4.69, 9.17) is 4.74 Å². The van der Waals surface area contributed by atoms with Gasteiger partial charge in [0, 0.05) is 19.0 Å². The molecule has 0 atom stereocenters. The van der Waals surface area contributed by atoms with E-state index in [2.05, 4.69) is 48.2 Å². The van der Waals surface area contributed by atoms with Gasteiger partial charge in [-0.15, -0.1) is 0 Å². The molecule has 1 aromatic heterocycles. The first-order valence-electron chi connectivity index (χ1n) is 7.96. The Morgan fingerprint density at radius 2 is 1.91 bits per heavy atom. The van der Waals surface area contributed by atoms with Gasteiger partial charge < -0.3 is 10.1 Å². The highest BCUT2D eigenvalue weighted by atomic mass is 16.5. The van der Waals surface area contributed by atoms with Gasteiger partial charge >= 0.3 is 0 Å². The molecule has 0 aliphatic rings. The largest absolute Gasteiger partial charge is 0.478 e. The molecule has 0 spiro atoms. The lowest BCUT2D eigenvalue weighted by Gasteiger charge is -2.11. The van der Waals surface area contributed by atoms with Crippen LogP contribution in [0.3, 0.4) is 0 Å². The van der Waals surface area contributed by atoms with Crippen molar-refractivity contribution in [3.63, 3.8) is 0 Å². The first-order valence-corrected chi connectivity index (χ1v) is 7.96. The molecule has 1 heterocycles. The Labute approximate surface area is 133 Å². The van der Waals surface area contributed by atoms with Gasteiger partial charge in [-0.2, -0.15) is 4.98 Å². The van der Waals surface area contributed by atoms with Crippen LogP contribution in [-0.4, -0.2) is 16.6 Å². The van der Waals surface area contributed by atoms with Crippen LogP contribution in [0.15, 0.2) is 36.4 Å². The van der Waals surface area contributed by atoms with Gasteiger partial charge in [0.1, 0.15) is 11.6 Å². The number of ether oxygens (including phenoxy) is 1. The number of aromatic nitrogens is 2. The summed E-state index contributed by atoms with van der Waals surface area (Å²) in [5.41, 5.74) is 1.22. The lowest BCUT2D eigenvalue weighted by molar-refractivity contribution is 0.303. The zero-order valence-corrected chi connectivity index (χ0v) is 13.7. The van der Waals surface area contributed by atoms with Crippen molar-refractivity contribution in [2.45, 2.75) is 40.2 Å². The molecule has 0 unspecified atom stereocenters. The lowest BCUT2D eigenvalue weighted by Crippen LogP contribution is -2.08. The molecule has 1 N–H and O–H groups in total. The smallest absolute Gasteiger partial charge is 0.218 e. The fourth-order valence-corrected chi connectivity index (χ4v) is 2.09. The van der Waals surface area contributed by atoms with E-state index >= 15 is 0 Å². The first-order chi connectivity index (χ1) is 10.7. The van der Waals surface area contributed by atoms with E-state index in [1.807, 2.05) is 24.3 Å². The molecule has 2 rings (SSSR count). The molecule has 118 valence electrons. The number of nitrogens with zero attached hydrogens (tertiary/aromatic N) is 2. The number of benzene rings is 1. The summed E-state index contributed by atoms with van der Waals surface area (Å²) in [5.74, 6) is 2.83. The van der Waals surface area contributed by atoms with Crippen LogP contribution in [0.2, 0.25) is 0 Å². The molecule has 0 amide bonds. The lowest BCUT2D eigenvalue weighted by atomic mass is 10.1. The van der Waals surface area contributed by atoms with Crippen molar-refractivity contribution in [3.8, 4) is 5.88 Å². The highest BCUT2D eigenvalue weighted by Gasteiger charge is 2.07. The average molecular weight is 299 g/mol. The predicted molar refractivity (Wildman–Crippen MR) is 90.1 cm³/mol. The summed E-state index contributed by atoms with van der Waals surface area (Å²) in [6, 6.07) is 12.2. The van der Waals surface area contributed by atoms with Crippen LogP contribution in [0, 0.1) is 5.92 Å². The first kappa shape index (κ1) is 16.3. The van der Waals surface area contributed by atoms with E-state index in [0.29, 0.717) is 18.4 Å². The summed E-state index contributed by atoms with van der Waals surface area (Å²) in [5, 5.41) is 3.36. The molecule has 0 aliphatic heterocycles. The maximum atomic E-state index is 5.68. The SMILES string of the molecule is CCCOc1cc(NCc2ccccc2)nc(CC(C)C)n1. The minimum atomic E-state index is 0.517. The second-order valence-electron chi connectivity index (χ2n) is 5.79. The van der Waals surface area contributed by atoms with E-state index in [9.17, 15) is 0 Å². The highest BCUT2D eigenvalue weighted by molar-refractivity contribution is 5.39. The molecular weight excluding hydrogens is 274 g/mol. The molecule has 0 saturated carbocycles. The van der Waals surface area contributed by atoms with Crippen molar-refractivity contribution in [2.75, 3.05) is 11.9 Å². The molecule has 0 saturated heterocycles. The van der Waals surface area contributed by atoms with Crippen LogP contribution in [0.1, 0.15) is 38.6 Å². The molecule has 4 nitrogen and oxygen atoms in total. The highest BCUT2D eigenvalue weighted by Crippen LogP contribution is 2.17. The summed E-state index contributed by atoms with van der Waals surface area (Å²) >= 11 is 0. The minimum absolute atomic E-state index is 0.517. The number of hydrogen-bond acceptors (Lipinski definition) is 4. The zero-order valence-electron chi connectivity index (χ0n) is 13.7. The Bertz CT molecular complexity index is 570. The second-order valence-corrected chi connectivity index (χ2v) is 5.79. The van der Waals surface area contributed by atoms with Crippen LogP contribution in [-0.2, 0) is 13.0 Å². The standard InChI is InChI=1S/C18H25N3O/c1-4-10-22-18-12-16(20-17(21-18)11-14(2)3)19-13-15-8-6-5-7-9-15/h5-9,12,14H,4,10-11,13H2,1-3H3,(H,19,20,21). The van der Waals surface area contributed by atoms with Gasteiger partial charge in [0.15, 0.2) is 0 Å². The molecule has 1 aromatic carbocycles. The fourth-order valence-electron chi connectivity index (χ4n) is 2.09. The topological polar surface area (TPSA) is 47.0 Å². The fraction of sp³-hybridized carbons (Fsp3) is 0.444. The van der Waals surface area contributed by atoms with Crippen molar-refractivity contribution in [1.82, 2.24) is 9.97 Å². The van der Waals surface area contributed by atoms with Gasteiger partial charge in [0.2, 0.25) is 5.88 Å². The number of anilines is 1. The van der Waals surface area contributed by atoms with Gasteiger partial charge in [-0.25, -0.2) is 4.98 Å². The maximum Gasteiger partial charge on any atom is 0.218 e. The monoisotopic (exact) mass is 299 g/mol. The molecule has 0 radical (unpaired) electrons. The Hall–Kier alpha value is -2.10. The molecule has 0 bridgehead atoms. The normalized spacial score (nSPS) is 10.7. The van der Waals surface area contributed by atoms with Crippen molar-refractivity contribution in [1.29, 1.82) is 0 Å². The van der Waals surface area contributed by atoms with Crippen LogP contribution < -0.4 is 10.1 Å². The summed E-state index contributed by atoms with van der Waals surface area (Å²) in [4.78, 5) is 9.09. The van der Waals surface area contributed by atoms with Gasteiger partial charge in [-0.3, -0.25) is 0 Å². The van der Waals surface area contributed by atoms with Crippen molar-refractivity contribution in [3.05, 3.63) is 47.8 Å². The summed E-state index contributed by atoms with van der Waals surface area (Å²) in [6.45, 7) is 7.84. The molecular formula is C18H25N3O. The Morgan fingerprint density at radius 3 is 2.59 bits per heavy atom. The third-order valence-corrected chi connectivity index (χ3v) is 3.11. The van der Waals surface area contributed by atoms with Crippen LogP contribution in [0.5, 0.6) is 5.88 Å². The van der Waals surface area contributed by atoms with E-state index in [-0.39, 0.29) is 0 Å². The Balaban J connectivity index is 2.10. The molecule has 0 fully saturated rings. The van der Waals surface area contributed by atoms with E-state index in [1.165, 1.54) is 5.56 Å². The molecule has 2 aromatic rings. The molecule has 4 heteroatoms. The van der Waals surface area contributed by atoms with Gasteiger partial charge in [0.05, 0.1) is 6.61 Å². The summed E-state index contributed by atoms with van der Waals surface area (Å²) < 4.78 is 5.68. The Kier molecular flexibility index (Phi) is 6.19. The average Bonchev–Trinajstić information content (AvgIpc) is 2.51. The Morgan fingerprint density at radius 1 is 1.14 bits per heavy atom. The minimum Gasteiger partial charge on any atom is -0.478 e. The van der Waals surface area contributed by atoms with Gasteiger partial charge in [-0.05, 0) is 17.9 Å². The van der Waals surface area contributed by atoms with Crippen LogP contribution in [0.25, 0.3) is 0 Å². The number of hydrogen-bond donors (Lipinski definition) is 1. The van der Waals surface area contributed by atoms with E-state index < -0.39 is 0 Å². The summed E-state index contributed by atoms with van der Waals surface area (Å²) in [7, 11) is 0. The van der Waals surface area contributed by atoms with E-state index in [0.717, 1.165) is 31.0 Å². The maximum absolute atomic E-state index is 5.68. The summed E-state index contributed by atoms with van der Waals surface area (Å²) in [6.07, 6.45) is 1.82. The van der Waals surface area contributed by atoms with E-state index in [1.54, 1.807) is 0 Å². The third kappa shape index (κ3) is 5.35. The van der Waals surface area contributed by atoms with Crippen molar-refractivity contribution >= 4 is 5.82 Å². The quantitative estimate of drug-likeness (QED) is 0.798. The molecule has 22 heavy (non-hydrogen) atoms. The second kappa shape index (κ2) is 8.37.